The molecule has 0 spiro atoms. The Morgan fingerprint density at radius 1 is 1.23 bits per heavy atom. The first kappa shape index (κ1) is 13.2. The highest BCUT2D eigenvalue weighted by atomic mass is 32.1. The van der Waals surface area contributed by atoms with Crippen LogP contribution in [0.4, 0.5) is 0 Å². The van der Waals surface area contributed by atoms with Crippen molar-refractivity contribution in [2.24, 2.45) is 0 Å². The van der Waals surface area contributed by atoms with Crippen LogP contribution >= 0.6 is 12.6 Å². The Balaban J connectivity index is 3.46. The lowest BCUT2D eigenvalue weighted by Crippen LogP contribution is -2.45. The highest BCUT2D eigenvalue weighted by Crippen LogP contribution is 1.87. The van der Waals surface area contributed by atoms with Gasteiger partial charge in [0.25, 0.3) is 0 Å². The van der Waals surface area contributed by atoms with Gasteiger partial charge in [0.05, 0.1) is 0 Å². The minimum absolute atomic E-state index is 0.479. The second-order valence-corrected chi connectivity index (χ2v) is 3.67. The van der Waals surface area contributed by atoms with Gasteiger partial charge in [-0.3, -0.25) is 0 Å². The minimum Gasteiger partial charge on any atom is -0.318 e. The molecule has 0 amide bonds. The molecule has 0 aromatic rings. The fraction of sp³-hybridized carbons (Fsp3) is 1.00. The van der Waals surface area contributed by atoms with Gasteiger partial charge in [-0.25, -0.2) is 0 Å². The molecule has 0 radical (unpaired) electrons. The van der Waals surface area contributed by atoms with Crippen molar-refractivity contribution in [3.8, 4) is 0 Å². The molecule has 0 heterocycles. The van der Waals surface area contributed by atoms with Crippen LogP contribution in [0.15, 0.2) is 0 Å². The van der Waals surface area contributed by atoms with Gasteiger partial charge in [0.1, 0.15) is 0 Å². The van der Waals surface area contributed by atoms with Crippen LogP contribution in [-0.4, -0.2) is 44.5 Å². The van der Waals surface area contributed by atoms with Gasteiger partial charge in [-0.2, -0.15) is 12.6 Å². The van der Waals surface area contributed by atoms with Crippen molar-refractivity contribution in [1.29, 1.82) is 0 Å². The summed E-state index contributed by atoms with van der Waals surface area (Å²) in [7, 11) is 1.97. The van der Waals surface area contributed by atoms with Crippen molar-refractivity contribution < 1.29 is 0 Å². The molecule has 0 aliphatic heterocycles. The van der Waals surface area contributed by atoms with Crippen molar-refractivity contribution in [1.82, 2.24) is 16.0 Å². The molecule has 0 aromatic carbocycles. The summed E-state index contributed by atoms with van der Waals surface area (Å²) in [5.74, 6) is 0.882. The van der Waals surface area contributed by atoms with Gasteiger partial charge in [-0.1, -0.05) is 6.92 Å². The zero-order valence-corrected chi connectivity index (χ0v) is 9.82. The molecule has 0 rings (SSSR count). The van der Waals surface area contributed by atoms with Crippen LogP contribution in [-0.2, 0) is 0 Å². The van der Waals surface area contributed by atoms with Crippen molar-refractivity contribution in [2.45, 2.75) is 25.9 Å². The monoisotopic (exact) mass is 205 g/mol. The van der Waals surface area contributed by atoms with E-state index in [0.717, 1.165) is 25.4 Å². The van der Waals surface area contributed by atoms with Gasteiger partial charge in [0.15, 0.2) is 0 Å². The Hall–Kier alpha value is 0.230. The first-order valence-electron chi connectivity index (χ1n) is 4.96. The third kappa shape index (κ3) is 7.31. The smallest absolute Gasteiger partial charge is 0.0280 e. The molecule has 3 N–H and O–H groups in total. The van der Waals surface area contributed by atoms with E-state index in [4.69, 9.17) is 0 Å². The van der Waals surface area contributed by atoms with Crippen LogP contribution in [0.25, 0.3) is 0 Å². The van der Waals surface area contributed by atoms with Crippen LogP contribution in [0.5, 0.6) is 0 Å². The number of likely N-dealkylation sites (N-methyl/N-ethyl adjacent to an activating group) is 2. The lowest BCUT2D eigenvalue weighted by atomic mass is 10.3. The van der Waals surface area contributed by atoms with E-state index >= 15 is 0 Å². The largest absolute Gasteiger partial charge is 0.318 e. The Bertz CT molecular complexity index is 111. The van der Waals surface area contributed by atoms with E-state index in [9.17, 15) is 0 Å². The molecule has 0 saturated carbocycles. The zero-order valence-electron chi connectivity index (χ0n) is 8.93. The molecule has 2 unspecified atom stereocenters. The highest BCUT2D eigenvalue weighted by molar-refractivity contribution is 7.80. The summed E-state index contributed by atoms with van der Waals surface area (Å²) in [5.41, 5.74) is 0. The third-order valence-electron chi connectivity index (χ3n) is 1.94. The van der Waals surface area contributed by atoms with E-state index in [1.165, 1.54) is 0 Å². The molecule has 4 heteroatoms. The summed E-state index contributed by atoms with van der Waals surface area (Å²) in [6.07, 6.45) is 0. The lowest BCUT2D eigenvalue weighted by molar-refractivity contribution is 0.463. The lowest BCUT2D eigenvalue weighted by Gasteiger charge is -2.19. The number of nitrogens with one attached hydrogen (secondary N) is 3. The standard InChI is InChI=1S/C9H23N3S/c1-4-11-9(7-13)6-12-8(2)5-10-3/h8-13H,4-7H2,1-3H3. The van der Waals surface area contributed by atoms with Gasteiger partial charge < -0.3 is 16.0 Å². The quantitative estimate of drug-likeness (QED) is 0.424. The van der Waals surface area contributed by atoms with E-state index in [1.54, 1.807) is 0 Å². The number of thiol groups is 1. The SMILES string of the molecule is CCNC(CS)CNC(C)CNC. The normalized spacial score (nSPS) is 15.7. The molecular weight excluding hydrogens is 182 g/mol. The molecule has 3 nitrogen and oxygen atoms in total. The Morgan fingerprint density at radius 3 is 2.38 bits per heavy atom. The summed E-state index contributed by atoms with van der Waals surface area (Å²) < 4.78 is 0. The first-order valence-corrected chi connectivity index (χ1v) is 5.60. The minimum atomic E-state index is 0.479. The Labute approximate surface area is 87.5 Å². The third-order valence-corrected chi connectivity index (χ3v) is 2.38. The van der Waals surface area contributed by atoms with E-state index in [-0.39, 0.29) is 0 Å². The molecule has 0 bridgehead atoms. The predicted octanol–water partition coefficient (Wildman–Crippen LogP) is 0.0918. The molecule has 0 aromatic heterocycles. The number of hydrogen-bond donors (Lipinski definition) is 4. The molecule has 2 atom stereocenters. The van der Waals surface area contributed by atoms with Crippen LogP contribution in [0, 0.1) is 0 Å². The van der Waals surface area contributed by atoms with Crippen LogP contribution in [0.1, 0.15) is 13.8 Å². The topological polar surface area (TPSA) is 36.1 Å². The van der Waals surface area contributed by atoms with Gasteiger partial charge in [0, 0.05) is 30.9 Å². The summed E-state index contributed by atoms with van der Waals surface area (Å²) in [5, 5.41) is 9.96. The zero-order chi connectivity index (χ0) is 10.1. The molecule has 80 valence electrons. The molecule has 0 saturated heterocycles. The summed E-state index contributed by atoms with van der Waals surface area (Å²) in [4.78, 5) is 0. The maximum atomic E-state index is 4.29. The van der Waals surface area contributed by atoms with Gasteiger partial charge in [-0.05, 0) is 20.5 Å². The summed E-state index contributed by atoms with van der Waals surface area (Å²) in [6.45, 7) is 7.30. The number of hydrogen-bond acceptors (Lipinski definition) is 4. The average Bonchev–Trinajstić information content (AvgIpc) is 2.12. The highest BCUT2D eigenvalue weighted by Gasteiger charge is 2.06. The maximum Gasteiger partial charge on any atom is 0.0280 e. The average molecular weight is 205 g/mol. The van der Waals surface area contributed by atoms with E-state index in [0.29, 0.717) is 12.1 Å². The van der Waals surface area contributed by atoms with E-state index in [1.807, 2.05) is 7.05 Å². The van der Waals surface area contributed by atoms with Gasteiger partial charge in [0.2, 0.25) is 0 Å². The van der Waals surface area contributed by atoms with E-state index in [2.05, 4.69) is 42.4 Å². The summed E-state index contributed by atoms with van der Waals surface area (Å²) in [6, 6.07) is 0.999. The molecule has 0 fully saturated rings. The van der Waals surface area contributed by atoms with E-state index < -0.39 is 0 Å². The van der Waals surface area contributed by atoms with Crippen molar-refractivity contribution in [3.63, 3.8) is 0 Å². The molecule has 0 aliphatic carbocycles. The van der Waals surface area contributed by atoms with Crippen molar-refractivity contribution in [2.75, 3.05) is 32.4 Å². The predicted molar refractivity (Wildman–Crippen MR) is 62.7 cm³/mol. The van der Waals surface area contributed by atoms with Crippen molar-refractivity contribution in [3.05, 3.63) is 0 Å². The number of rotatable bonds is 8. The van der Waals surface area contributed by atoms with Crippen LogP contribution < -0.4 is 16.0 Å². The van der Waals surface area contributed by atoms with Gasteiger partial charge >= 0.3 is 0 Å². The second-order valence-electron chi connectivity index (χ2n) is 3.30. The molecule has 13 heavy (non-hydrogen) atoms. The summed E-state index contributed by atoms with van der Waals surface area (Å²) >= 11 is 4.29. The first-order chi connectivity index (χ1) is 6.24. The fourth-order valence-electron chi connectivity index (χ4n) is 1.21. The van der Waals surface area contributed by atoms with Crippen molar-refractivity contribution >= 4 is 12.6 Å². The Kier molecular flexibility index (Phi) is 8.97. The molecular formula is C9H23N3S. The second kappa shape index (κ2) is 8.81. The van der Waals surface area contributed by atoms with Crippen LogP contribution in [0.3, 0.4) is 0 Å². The fourth-order valence-corrected chi connectivity index (χ4v) is 1.47. The Morgan fingerprint density at radius 2 is 1.92 bits per heavy atom. The molecule has 0 aliphatic rings. The van der Waals surface area contributed by atoms with Gasteiger partial charge in [-0.15, -0.1) is 0 Å². The van der Waals surface area contributed by atoms with Crippen LogP contribution in [0.2, 0.25) is 0 Å². The maximum absolute atomic E-state index is 4.29.